The lowest BCUT2D eigenvalue weighted by molar-refractivity contribution is 0.457. The number of para-hydroxylation sites is 1. The molecule has 3 aliphatic heterocycles. The van der Waals surface area contributed by atoms with Gasteiger partial charge in [0.25, 0.3) is 0 Å². The fraction of sp³-hybridized carbons (Fsp3) is 0.143. The highest BCUT2D eigenvalue weighted by atomic mass is 16.5. The number of aryl methyl sites for hydroxylation is 6. The number of ether oxygens (including phenoxy) is 1. The predicted molar refractivity (Wildman–Crippen MR) is 192 cm³/mol. The van der Waals surface area contributed by atoms with Crippen LogP contribution in [0.15, 0.2) is 113 Å². The normalized spacial score (nSPS) is 15.1. The van der Waals surface area contributed by atoms with Gasteiger partial charge in [-0.1, -0.05) is 53.6 Å². The number of nitrogens with one attached hydrogen (secondary N) is 2. The first-order chi connectivity index (χ1) is 22.7. The van der Waals surface area contributed by atoms with Gasteiger partial charge in [-0.15, -0.1) is 0 Å². The van der Waals surface area contributed by atoms with Crippen LogP contribution in [0, 0.1) is 41.5 Å². The Balaban J connectivity index is 1.50. The molecule has 8 rings (SSSR count). The number of aromatic amines is 2. The molecule has 0 spiro atoms. The van der Waals surface area contributed by atoms with E-state index < -0.39 is 0 Å². The van der Waals surface area contributed by atoms with E-state index >= 15 is 0 Å². The van der Waals surface area contributed by atoms with E-state index in [0.29, 0.717) is 5.76 Å². The molecular weight excluding hydrogens is 576 g/mol. The molecule has 5 aromatic rings. The van der Waals surface area contributed by atoms with E-state index in [9.17, 15) is 0 Å². The molecule has 2 N–H and O–H groups in total. The molecular formula is C42H36N4O. The van der Waals surface area contributed by atoms with Gasteiger partial charge in [0.2, 0.25) is 0 Å². The van der Waals surface area contributed by atoms with Crippen LogP contribution < -0.4 is 26.1 Å². The summed E-state index contributed by atoms with van der Waals surface area (Å²) in [7, 11) is 0. The molecule has 0 amide bonds. The minimum atomic E-state index is 0.699. The number of hydrogen-bond acceptors (Lipinski definition) is 3. The summed E-state index contributed by atoms with van der Waals surface area (Å²) in [5.74, 6) is 1.46. The van der Waals surface area contributed by atoms with Crippen LogP contribution >= 0.6 is 0 Å². The topological polar surface area (TPSA) is 65.5 Å². The smallest absolute Gasteiger partial charge is 0.155 e. The van der Waals surface area contributed by atoms with Crippen LogP contribution in [0.2, 0.25) is 0 Å². The Hall–Kier alpha value is -5.68. The third kappa shape index (κ3) is 4.95. The van der Waals surface area contributed by atoms with Gasteiger partial charge in [0.15, 0.2) is 5.76 Å². The Bertz CT molecular complexity index is 2490. The maximum atomic E-state index is 6.64. The monoisotopic (exact) mass is 612 g/mol. The number of rotatable bonds is 4. The van der Waals surface area contributed by atoms with Crippen molar-refractivity contribution in [3.05, 3.63) is 169 Å². The molecule has 8 bridgehead atoms. The second-order valence-corrected chi connectivity index (χ2v) is 12.9. The van der Waals surface area contributed by atoms with Gasteiger partial charge in [0.05, 0.1) is 27.8 Å². The molecule has 2 aromatic heterocycles. The average Bonchev–Trinajstić information content (AvgIpc) is 3.84. The molecule has 5 heteroatoms. The average molecular weight is 613 g/mol. The van der Waals surface area contributed by atoms with Crippen LogP contribution in [-0.4, -0.2) is 21.4 Å². The number of hydrogen-bond donors (Lipinski definition) is 2. The second-order valence-electron chi connectivity index (χ2n) is 12.9. The van der Waals surface area contributed by atoms with Crippen LogP contribution in [0.5, 0.6) is 5.75 Å². The zero-order valence-corrected chi connectivity index (χ0v) is 27.5. The Kier molecular flexibility index (Phi) is 6.73. The highest BCUT2D eigenvalue weighted by Gasteiger charge is 2.27. The van der Waals surface area contributed by atoms with Crippen LogP contribution in [0.4, 0.5) is 0 Å². The second kappa shape index (κ2) is 11.0. The Morgan fingerprint density at radius 1 is 0.532 bits per heavy atom. The zero-order chi connectivity index (χ0) is 32.4. The minimum Gasteiger partial charge on any atom is -0.455 e. The molecule has 0 unspecified atom stereocenters. The number of fused-ring (bicyclic) bond motifs is 6. The molecule has 5 heterocycles. The van der Waals surface area contributed by atoms with E-state index in [1.165, 1.54) is 38.9 Å². The maximum Gasteiger partial charge on any atom is 0.155 e. The summed E-state index contributed by atoms with van der Waals surface area (Å²) in [4.78, 5) is 18.1. The van der Waals surface area contributed by atoms with Gasteiger partial charge in [-0.2, -0.15) is 0 Å². The predicted octanol–water partition coefficient (Wildman–Crippen LogP) is 5.95. The van der Waals surface area contributed by atoms with Crippen molar-refractivity contribution in [3.63, 3.8) is 0 Å². The number of H-pyrrole nitrogens is 2. The molecule has 0 atom stereocenters. The van der Waals surface area contributed by atoms with Crippen molar-refractivity contribution in [1.29, 1.82) is 0 Å². The van der Waals surface area contributed by atoms with Crippen molar-refractivity contribution in [2.24, 2.45) is 9.98 Å². The van der Waals surface area contributed by atoms with Crippen molar-refractivity contribution in [2.75, 3.05) is 0 Å². The van der Waals surface area contributed by atoms with Crippen molar-refractivity contribution in [1.82, 2.24) is 9.97 Å². The Morgan fingerprint density at radius 2 is 1.06 bits per heavy atom. The molecule has 0 aliphatic carbocycles. The molecule has 0 radical (unpaired) electrons. The lowest BCUT2D eigenvalue weighted by Crippen LogP contribution is -2.22. The third-order valence-electron chi connectivity index (χ3n) is 9.15. The van der Waals surface area contributed by atoms with E-state index in [0.717, 1.165) is 66.7 Å². The Labute approximate surface area is 274 Å². The van der Waals surface area contributed by atoms with Crippen LogP contribution in [0.25, 0.3) is 22.5 Å². The van der Waals surface area contributed by atoms with E-state index in [4.69, 9.17) is 14.7 Å². The van der Waals surface area contributed by atoms with Crippen molar-refractivity contribution in [3.8, 4) is 5.75 Å². The van der Waals surface area contributed by atoms with E-state index in [1.807, 2.05) is 30.3 Å². The molecule has 47 heavy (non-hydrogen) atoms. The summed E-state index contributed by atoms with van der Waals surface area (Å²) in [6.07, 6.45) is 6.30. The number of aromatic nitrogens is 2. The fourth-order valence-electron chi connectivity index (χ4n) is 7.37. The number of nitrogens with zero attached hydrogens (tertiary/aromatic N) is 2. The first-order valence-electron chi connectivity index (χ1n) is 16.1. The van der Waals surface area contributed by atoms with Gasteiger partial charge in [-0.3, -0.25) is 0 Å². The lowest BCUT2D eigenvalue weighted by Gasteiger charge is -2.17. The van der Waals surface area contributed by atoms with E-state index in [1.54, 1.807) is 0 Å². The molecule has 0 saturated carbocycles. The zero-order valence-electron chi connectivity index (χ0n) is 27.5. The van der Waals surface area contributed by atoms with Crippen LogP contribution in [0.1, 0.15) is 44.5 Å². The number of allylic oxidation sites excluding steroid dienone is 2. The third-order valence-corrected chi connectivity index (χ3v) is 9.15. The molecule has 0 saturated heterocycles. The molecule has 3 aliphatic rings. The SMILES string of the molecule is Cc1cc(C)c(C2=c3ccc([nH]3)=C3C=C(Oc4ccccc4)C(=N3)C(c3c(C)cc(C)cc3C)=c3ccc([nH]3)=C3C=CC2=N3)c(C)c1. The summed E-state index contributed by atoms with van der Waals surface area (Å²) < 4.78 is 6.64. The van der Waals surface area contributed by atoms with Gasteiger partial charge >= 0.3 is 0 Å². The van der Waals surface area contributed by atoms with Crippen molar-refractivity contribution < 1.29 is 4.74 Å². The highest BCUT2D eigenvalue weighted by molar-refractivity contribution is 6.34. The summed E-state index contributed by atoms with van der Waals surface area (Å²) in [6.45, 7) is 13.0. The summed E-state index contributed by atoms with van der Waals surface area (Å²) >= 11 is 0. The van der Waals surface area contributed by atoms with Gasteiger partial charge in [-0.05, 0) is 123 Å². The van der Waals surface area contributed by atoms with Crippen LogP contribution in [-0.2, 0) is 0 Å². The van der Waals surface area contributed by atoms with E-state index in [-0.39, 0.29) is 0 Å². The summed E-state index contributed by atoms with van der Waals surface area (Å²) in [6, 6.07) is 27.4. The molecule has 0 fully saturated rings. The Morgan fingerprint density at radius 3 is 1.68 bits per heavy atom. The van der Waals surface area contributed by atoms with Gasteiger partial charge in [0, 0.05) is 27.9 Å². The largest absolute Gasteiger partial charge is 0.455 e. The van der Waals surface area contributed by atoms with Crippen LogP contribution in [0.3, 0.4) is 0 Å². The number of benzene rings is 3. The molecule has 5 nitrogen and oxygen atoms in total. The van der Waals surface area contributed by atoms with Crippen molar-refractivity contribution in [2.45, 2.75) is 41.5 Å². The molecule has 3 aromatic carbocycles. The molecule has 230 valence electrons. The first kappa shape index (κ1) is 28.8. The summed E-state index contributed by atoms with van der Waals surface area (Å²) in [5, 5.41) is 3.82. The van der Waals surface area contributed by atoms with Gasteiger partial charge < -0.3 is 14.7 Å². The quantitative estimate of drug-likeness (QED) is 0.259. The summed E-state index contributed by atoms with van der Waals surface area (Å²) in [5.41, 5.74) is 15.1. The highest BCUT2D eigenvalue weighted by Crippen LogP contribution is 2.32. The van der Waals surface area contributed by atoms with Gasteiger partial charge in [0.1, 0.15) is 11.5 Å². The number of aliphatic imine (C=N–C) groups is 2. The van der Waals surface area contributed by atoms with E-state index in [2.05, 4.69) is 118 Å². The fourth-order valence-corrected chi connectivity index (χ4v) is 7.37. The van der Waals surface area contributed by atoms with Crippen molar-refractivity contribution >= 4 is 34.0 Å². The maximum absolute atomic E-state index is 6.64. The minimum absolute atomic E-state index is 0.699. The first-order valence-corrected chi connectivity index (χ1v) is 16.1. The lowest BCUT2D eigenvalue weighted by atomic mass is 9.90. The van der Waals surface area contributed by atoms with Gasteiger partial charge in [-0.25, -0.2) is 9.98 Å². The standard InChI is InChI=1S/C42H36N4O/c1-23-18-25(3)38(26(4)19-23)40-33-15-12-30(43-33)31-13-17-35(44-31)41(39-27(5)20-24(2)21-28(39)6)42-37(47-29-10-8-7-9-11-29)22-36(46-42)32-14-16-34(40)45-32/h7-22,44-45H,1-6H3.